The first-order valence-electron chi connectivity index (χ1n) is 5.70. The first-order chi connectivity index (χ1) is 8.54. The Morgan fingerprint density at radius 3 is 2.44 bits per heavy atom. The van der Waals surface area contributed by atoms with Crippen LogP contribution in [0.15, 0.2) is 29.4 Å². The van der Waals surface area contributed by atoms with Crippen molar-refractivity contribution in [2.75, 3.05) is 5.01 Å². The van der Waals surface area contributed by atoms with E-state index in [0.717, 1.165) is 12.1 Å². The number of non-ortho nitro benzene ring substituents is 1. The fraction of sp³-hybridized carbons (Fsp3) is 0.333. The molecule has 1 amide bonds. The van der Waals surface area contributed by atoms with Gasteiger partial charge in [0.15, 0.2) is 0 Å². The number of amides is 1. The number of anilines is 1. The van der Waals surface area contributed by atoms with Crippen LogP contribution in [0.5, 0.6) is 0 Å². The molecule has 1 aromatic carbocycles. The molecule has 0 N–H and O–H groups in total. The average molecular weight is 247 g/mol. The molecule has 1 atom stereocenters. The number of carbonyl (C=O) groups excluding carboxylic acids is 1. The van der Waals surface area contributed by atoms with Crippen LogP contribution in [-0.4, -0.2) is 16.5 Å². The van der Waals surface area contributed by atoms with Crippen molar-refractivity contribution in [3.8, 4) is 0 Å². The Hall–Kier alpha value is -2.24. The maximum Gasteiger partial charge on any atom is 0.269 e. The summed E-state index contributed by atoms with van der Waals surface area (Å²) < 4.78 is 0. The fourth-order valence-corrected chi connectivity index (χ4v) is 1.87. The van der Waals surface area contributed by atoms with E-state index in [1.54, 1.807) is 0 Å². The smallest absolute Gasteiger partial charge is 0.269 e. The molecule has 1 aromatic rings. The minimum absolute atomic E-state index is 0.00172. The van der Waals surface area contributed by atoms with Crippen molar-refractivity contribution >= 4 is 23.0 Å². The minimum atomic E-state index is -0.473. The summed E-state index contributed by atoms with van der Waals surface area (Å²) in [6, 6.07) is 5.80. The third-order valence-corrected chi connectivity index (χ3v) is 2.97. The molecule has 1 heterocycles. The molecule has 18 heavy (non-hydrogen) atoms. The highest BCUT2D eigenvalue weighted by Crippen LogP contribution is 2.26. The third-order valence-electron chi connectivity index (χ3n) is 2.97. The van der Waals surface area contributed by atoms with E-state index in [1.165, 1.54) is 29.3 Å². The van der Waals surface area contributed by atoms with Crippen molar-refractivity contribution in [2.24, 2.45) is 11.0 Å². The largest absolute Gasteiger partial charge is 0.272 e. The number of nitro groups is 1. The van der Waals surface area contributed by atoms with E-state index in [2.05, 4.69) is 5.10 Å². The predicted molar refractivity (Wildman–Crippen MR) is 67.5 cm³/mol. The number of carbonyl (C=O) groups is 1. The van der Waals surface area contributed by atoms with Crippen molar-refractivity contribution < 1.29 is 9.72 Å². The van der Waals surface area contributed by atoms with Crippen LogP contribution < -0.4 is 5.01 Å². The van der Waals surface area contributed by atoms with Gasteiger partial charge in [-0.05, 0) is 25.5 Å². The van der Waals surface area contributed by atoms with Gasteiger partial charge in [0.1, 0.15) is 0 Å². The molecule has 0 spiro atoms. The summed E-state index contributed by atoms with van der Waals surface area (Å²) >= 11 is 0. The molecule has 6 heteroatoms. The van der Waals surface area contributed by atoms with Gasteiger partial charge in [-0.15, -0.1) is 0 Å². The number of hydrazone groups is 1. The second-order valence-corrected chi connectivity index (χ2v) is 4.09. The first-order valence-corrected chi connectivity index (χ1v) is 5.70. The van der Waals surface area contributed by atoms with Gasteiger partial charge in [-0.1, -0.05) is 6.92 Å². The number of hydrogen-bond donors (Lipinski definition) is 0. The Bertz CT molecular complexity index is 522. The number of nitro benzene ring substituents is 1. The highest BCUT2D eigenvalue weighted by Gasteiger charge is 2.32. The quantitative estimate of drug-likeness (QED) is 0.607. The molecule has 0 radical (unpaired) electrons. The van der Waals surface area contributed by atoms with E-state index >= 15 is 0 Å². The second-order valence-electron chi connectivity index (χ2n) is 4.09. The van der Waals surface area contributed by atoms with Gasteiger partial charge < -0.3 is 0 Å². The molecule has 1 aliphatic rings. The molecule has 0 aliphatic carbocycles. The Morgan fingerprint density at radius 2 is 2.00 bits per heavy atom. The highest BCUT2D eigenvalue weighted by molar-refractivity contribution is 6.15. The van der Waals surface area contributed by atoms with Crippen LogP contribution in [-0.2, 0) is 4.79 Å². The summed E-state index contributed by atoms with van der Waals surface area (Å²) in [7, 11) is 0. The molecule has 1 unspecified atom stereocenters. The Kier molecular flexibility index (Phi) is 3.10. The van der Waals surface area contributed by atoms with Crippen molar-refractivity contribution in [3.63, 3.8) is 0 Å². The molecular formula is C12H13N3O3. The zero-order valence-corrected chi connectivity index (χ0v) is 10.2. The van der Waals surface area contributed by atoms with Gasteiger partial charge in [0, 0.05) is 12.1 Å². The van der Waals surface area contributed by atoms with E-state index < -0.39 is 4.92 Å². The SMILES string of the molecule is CCC1=NN(c2ccc([N+](=O)[O-])cc2)C(=O)C1C. The van der Waals surface area contributed by atoms with Gasteiger partial charge in [-0.3, -0.25) is 14.9 Å². The molecular weight excluding hydrogens is 234 g/mol. The topological polar surface area (TPSA) is 75.8 Å². The molecule has 94 valence electrons. The van der Waals surface area contributed by atoms with Crippen LogP contribution in [0.1, 0.15) is 20.3 Å². The van der Waals surface area contributed by atoms with Crippen LogP contribution >= 0.6 is 0 Å². The zero-order valence-electron chi connectivity index (χ0n) is 10.2. The summed E-state index contributed by atoms with van der Waals surface area (Å²) in [6.07, 6.45) is 0.719. The van der Waals surface area contributed by atoms with E-state index in [9.17, 15) is 14.9 Å². The van der Waals surface area contributed by atoms with Gasteiger partial charge in [-0.25, -0.2) is 5.01 Å². The highest BCUT2D eigenvalue weighted by atomic mass is 16.6. The zero-order chi connectivity index (χ0) is 13.3. The maximum absolute atomic E-state index is 12.0. The van der Waals surface area contributed by atoms with Crippen LogP contribution in [0.25, 0.3) is 0 Å². The molecule has 2 rings (SSSR count). The first kappa shape index (κ1) is 12.2. The van der Waals surface area contributed by atoms with E-state index in [-0.39, 0.29) is 17.5 Å². The molecule has 0 aromatic heterocycles. The van der Waals surface area contributed by atoms with Crippen LogP contribution in [0.3, 0.4) is 0 Å². The molecule has 1 aliphatic heterocycles. The standard InChI is InChI=1S/C12H13N3O3/c1-3-11-8(2)12(16)14(13-11)9-4-6-10(7-5-9)15(17)18/h4-8H,3H2,1-2H3. The monoisotopic (exact) mass is 247 g/mol. The van der Waals surface area contributed by atoms with Gasteiger partial charge in [-0.2, -0.15) is 5.10 Å². The van der Waals surface area contributed by atoms with Crippen LogP contribution in [0.2, 0.25) is 0 Å². The molecule has 6 nitrogen and oxygen atoms in total. The Balaban J connectivity index is 2.30. The average Bonchev–Trinajstić information content (AvgIpc) is 2.66. The summed E-state index contributed by atoms with van der Waals surface area (Å²) in [5.74, 6) is -0.314. The lowest BCUT2D eigenvalue weighted by molar-refractivity contribution is -0.384. The summed E-state index contributed by atoms with van der Waals surface area (Å²) in [4.78, 5) is 22.0. The minimum Gasteiger partial charge on any atom is -0.272 e. The number of hydrogen-bond acceptors (Lipinski definition) is 4. The normalized spacial score (nSPS) is 19.0. The molecule has 0 bridgehead atoms. The van der Waals surface area contributed by atoms with Crippen molar-refractivity contribution in [3.05, 3.63) is 34.4 Å². The summed E-state index contributed by atoms with van der Waals surface area (Å²) in [6.45, 7) is 3.76. The molecule has 0 saturated carbocycles. The van der Waals surface area contributed by atoms with Gasteiger partial charge in [0.25, 0.3) is 11.6 Å². The summed E-state index contributed by atoms with van der Waals surface area (Å²) in [5, 5.41) is 16.1. The summed E-state index contributed by atoms with van der Waals surface area (Å²) in [5.41, 5.74) is 1.39. The lowest BCUT2D eigenvalue weighted by atomic mass is 10.0. The lowest BCUT2D eigenvalue weighted by Crippen LogP contribution is -2.25. The van der Waals surface area contributed by atoms with Gasteiger partial charge in [0.05, 0.1) is 22.2 Å². The van der Waals surface area contributed by atoms with Gasteiger partial charge >= 0.3 is 0 Å². The molecule has 0 saturated heterocycles. The van der Waals surface area contributed by atoms with Crippen LogP contribution in [0.4, 0.5) is 11.4 Å². The molecule has 0 fully saturated rings. The van der Waals surface area contributed by atoms with E-state index in [0.29, 0.717) is 5.69 Å². The van der Waals surface area contributed by atoms with Crippen LogP contribution in [0, 0.1) is 16.0 Å². The second kappa shape index (κ2) is 4.56. The number of rotatable bonds is 3. The predicted octanol–water partition coefficient (Wildman–Crippen LogP) is 2.34. The number of benzene rings is 1. The number of nitrogens with zero attached hydrogens (tertiary/aromatic N) is 3. The third kappa shape index (κ3) is 1.97. The van der Waals surface area contributed by atoms with E-state index in [1.807, 2.05) is 13.8 Å². The van der Waals surface area contributed by atoms with Crippen molar-refractivity contribution in [1.82, 2.24) is 0 Å². The lowest BCUT2D eigenvalue weighted by Gasteiger charge is -2.12. The van der Waals surface area contributed by atoms with Gasteiger partial charge in [0.2, 0.25) is 0 Å². The van der Waals surface area contributed by atoms with E-state index in [4.69, 9.17) is 0 Å². The van der Waals surface area contributed by atoms with Crippen molar-refractivity contribution in [1.29, 1.82) is 0 Å². The Morgan fingerprint density at radius 1 is 1.39 bits per heavy atom. The van der Waals surface area contributed by atoms with Crippen molar-refractivity contribution in [2.45, 2.75) is 20.3 Å². The Labute approximate surface area is 104 Å². The fourth-order valence-electron chi connectivity index (χ4n) is 1.87. The maximum atomic E-state index is 12.0.